The highest BCUT2D eigenvalue weighted by Crippen LogP contribution is 2.43. The number of phosphoric ester groups is 1. The van der Waals surface area contributed by atoms with Gasteiger partial charge in [0.15, 0.2) is 0 Å². The van der Waals surface area contributed by atoms with E-state index in [4.69, 9.17) is 14.8 Å². The summed E-state index contributed by atoms with van der Waals surface area (Å²) in [7, 11) is -4.36. The van der Waals surface area contributed by atoms with Gasteiger partial charge in [-0.2, -0.15) is 0 Å². The molecule has 4 unspecified atom stereocenters. The predicted octanol–water partition coefficient (Wildman–Crippen LogP) is 8.08. The van der Waals surface area contributed by atoms with Gasteiger partial charge in [-0.1, -0.05) is 155 Å². The highest BCUT2D eigenvalue weighted by Gasteiger charge is 2.28. The minimum absolute atomic E-state index is 0.0620. The maximum absolute atomic E-state index is 12.7. The molecule has 10 heteroatoms. The molecule has 0 aromatic carbocycles. The highest BCUT2D eigenvalue weighted by molar-refractivity contribution is 7.47. The molecule has 6 N–H and O–H groups in total. The molecule has 0 aliphatic rings. The van der Waals surface area contributed by atoms with Gasteiger partial charge in [0, 0.05) is 6.54 Å². The monoisotopic (exact) mass is 650 g/mol. The molecule has 0 rings (SSSR count). The second-order valence-corrected chi connectivity index (χ2v) is 14.1. The highest BCUT2D eigenvalue weighted by atomic mass is 31.2. The molecule has 0 aliphatic carbocycles. The van der Waals surface area contributed by atoms with Crippen molar-refractivity contribution in [3.8, 4) is 0 Å². The molecule has 0 bridgehead atoms. The van der Waals surface area contributed by atoms with Crippen molar-refractivity contribution >= 4 is 13.7 Å². The van der Waals surface area contributed by atoms with Gasteiger partial charge < -0.3 is 26.2 Å². The van der Waals surface area contributed by atoms with Crippen molar-refractivity contribution in [3.63, 3.8) is 0 Å². The molecule has 0 aliphatic heterocycles. The number of aliphatic hydroxyl groups is 2. The Kier molecular flexibility index (Phi) is 30.7. The fourth-order valence-corrected chi connectivity index (χ4v) is 6.23. The van der Waals surface area contributed by atoms with Crippen LogP contribution in [0.2, 0.25) is 0 Å². The first-order valence-corrected chi connectivity index (χ1v) is 19.7. The Morgan fingerprint density at radius 3 is 1.52 bits per heavy atom. The van der Waals surface area contributed by atoms with Gasteiger partial charge in [-0.3, -0.25) is 13.8 Å². The second-order valence-electron chi connectivity index (χ2n) is 12.6. The summed E-state index contributed by atoms with van der Waals surface area (Å²) in [4.78, 5) is 22.6. The Hall–Kier alpha value is -0.540. The van der Waals surface area contributed by atoms with Crippen molar-refractivity contribution in [1.82, 2.24) is 5.32 Å². The molecule has 0 heterocycles. The Morgan fingerprint density at radius 1 is 0.682 bits per heavy atom. The van der Waals surface area contributed by atoms with Crippen LogP contribution in [0.1, 0.15) is 174 Å². The topological polar surface area (TPSA) is 151 Å². The van der Waals surface area contributed by atoms with Crippen LogP contribution in [-0.2, 0) is 18.4 Å². The largest absolute Gasteiger partial charge is 0.472 e. The van der Waals surface area contributed by atoms with Crippen LogP contribution in [0, 0.1) is 0 Å². The summed E-state index contributed by atoms with van der Waals surface area (Å²) in [5, 5.41) is 23.9. The fraction of sp³-hybridized carbons (Fsp3) is 0.971. The maximum atomic E-state index is 12.7. The van der Waals surface area contributed by atoms with Crippen LogP contribution in [0.15, 0.2) is 0 Å². The van der Waals surface area contributed by atoms with Gasteiger partial charge in [0.25, 0.3) is 0 Å². The van der Waals surface area contributed by atoms with Crippen molar-refractivity contribution in [2.75, 3.05) is 19.8 Å². The molecule has 4 atom stereocenters. The molecular weight excluding hydrogens is 579 g/mol. The van der Waals surface area contributed by atoms with Crippen molar-refractivity contribution < 1.29 is 33.5 Å². The van der Waals surface area contributed by atoms with Crippen LogP contribution in [0.25, 0.3) is 0 Å². The number of nitrogens with one attached hydrogen (secondary N) is 1. The summed E-state index contributed by atoms with van der Waals surface area (Å²) in [5.41, 5.74) is 5.34. The average Bonchev–Trinajstić information content (AvgIpc) is 2.99. The summed E-state index contributed by atoms with van der Waals surface area (Å²) in [6.07, 6.45) is 25.9. The van der Waals surface area contributed by atoms with Crippen molar-refractivity contribution in [1.29, 1.82) is 0 Å². The van der Waals surface area contributed by atoms with E-state index >= 15 is 0 Å². The number of hydrogen-bond donors (Lipinski definition) is 5. The second kappa shape index (κ2) is 31.1. The van der Waals surface area contributed by atoms with E-state index in [1.165, 1.54) is 103 Å². The van der Waals surface area contributed by atoms with Gasteiger partial charge in [-0.15, -0.1) is 0 Å². The number of carbonyl (C=O) groups excluding carboxylic acids is 1. The zero-order valence-electron chi connectivity index (χ0n) is 28.5. The third kappa shape index (κ3) is 28.9. The molecule has 0 saturated carbocycles. The first-order valence-electron chi connectivity index (χ1n) is 18.2. The number of rotatable bonds is 34. The van der Waals surface area contributed by atoms with E-state index < -0.39 is 32.0 Å². The van der Waals surface area contributed by atoms with Gasteiger partial charge in [0.1, 0.15) is 0 Å². The van der Waals surface area contributed by atoms with Crippen LogP contribution >= 0.6 is 7.82 Å². The predicted molar refractivity (Wildman–Crippen MR) is 182 cm³/mol. The Labute approximate surface area is 270 Å². The molecule has 0 spiro atoms. The molecule has 264 valence electrons. The Balaban J connectivity index is 4.34. The van der Waals surface area contributed by atoms with Crippen LogP contribution in [0.3, 0.4) is 0 Å². The lowest BCUT2D eigenvalue weighted by Crippen LogP contribution is -2.47. The number of unbranched alkanes of at least 4 members (excludes halogenated alkanes) is 20. The maximum Gasteiger partial charge on any atom is 0.472 e. The number of nitrogens with two attached hydrogens (primary N) is 1. The van der Waals surface area contributed by atoms with Gasteiger partial charge in [-0.25, -0.2) is 4.57 Å². The van der Waals surface area contributed by atoms with Crippen LogP contribution in [0.5, 0.6) is 0 Å². The zero-order chi connectivity index (χ0) is 32.7. The number of amides is 1. The van der Waals surface area contributed by atoms with Gasteiger partial charge in [0.2, 0.25) is 5.91 Å². The summed E-state index contributed by atoms with van der Waals surface area (Å²) in [5.74, 6) is -0.416. The van der Waals surface area contributed by atoms with E-state index in [1.54, 1.807) is 0 Å². The lowest BCUT2D eigenvalue weighted by molar-refractivity contribution is -0.125. The van der Waals surface area contributed by atoms with E-state index in [0.29, 0.717) is 12.8 Å². The third-order valence-electron chi connectivity index (χ3n) is 8.27. The van der Waals surface area contributed by atoms with Gasteiger partial charge >= 0.3 is 7.82 Å². The number of phosphoric acid groups is 1. The van der Waals surface area contributed by atoms with E-state index in [2.05, 4.69) is 19.2 Å². The van der Waals surface area contributed by atoms with Crippen molar-refractivity contribution in [2.24, 2.45) is 5.73 Å². The smallest absolute Gasteiger partial charge is 0.393 e. The number of carbonyl (C=O) groups is 1. The molecule has 0 saturated heterocycles. The lowest BCUT2D eigenvalue weighted by Gasteiger charge is -2.25. The molecule has 0 radical (unpaired) electrons. The molecule has 9 nitrogen and oxygen atoms in total. The summed E-state index contributed by atoms with van der Waals surface area (Å²) in [6.45, 7) is 3.99. The minimum Gasteiger partial charge on any atom is -0.393 e. The van der Waals surface area contributed by atoms with Crippen molar-refractivity contribution in [3.05, 3.63) is 0 Å². The first kappa shape index (κ1) is 43.5. The van der Waals surface area contributed by atoms with E-state index in [-0.39, 0.29) is 26.2 Å². The van der Waals surface area contributed by atoms with Crippen LogP contribution in [-0.4, -0.2) is 59.0 Å². The standard InChI is InChI=1S/C34H71N2O7P/c1-3-5-7-9-11-12-13-14-15-16-17-18-20-22-24-26-33(38)32(30-43-44(40,41)42-28-27-35)36-34(39)29-31(37)25-23-21-19-10-8-6-4-2/h31-33,37-38H,3-30,35H2,1-2H3,(H,36,39)(H,40,41). The molecule has 0 aromatic heterocycles. The normalized spacial score (nSPS) is 15.1. The molecule has 1 amide bonds. The first-order chi connectivity index (χ1) is 21.3. The SMILES string of the molecule is CCCCCCCCCCCCCCCCCC(O)C(COP(=O)(O)OCCN)NC(=O)CC(O)CCCCCCCCC. The van der Waals surface area contributed by atoms with Gasteiger partial charge in [-0.05, 0) is 12.8 Å². The van der Waals surface area contributed by atoms with Crippen LogP contribution < -0.4 is 11.1 Å². The molecular formula is C34H71N2O7P. The number of aliphatic hydroxyl groups excluding tert-OH is 2. The summed E-state index contributed by atoms with van der Waals surface area (Å²) >= 11 is 0. The van der Waals surface area contributed by atoms with E-state index in [0.717, 1.165) is 38.5 Å². The molecule has 0 aromatic rings. The third-order valence-corrected chi connectivity index (χ3v) is 9.25. The van der Waals surface area contributed by atoms with Gasteiger partial charge in [0.05, 0.1) is 37.9 Å². The minimum atomic E-state index is -4.36. The zero-order valence-corrected chi connectivity index (χ0v) is 29.4. The Bertz CT molecular complexity index is 686. The summed E-state index contributed by atoms with van der Waals surface area (Å²) in [6, 6.07) is -0.887. The number of hydrogen-bond acceptors (Lipinski definition) is 7. The summed E-state index contributed by atoms with van der Waals surface area (Å²) < 4.78 is 22.0. The van der Waals surface area contributed by atoms with Crippen molar-refractivity contribution in [2.45, 2.75) is 193 Å². The van der Waals surface area contributed by atoms with E-state index in [9.17, 15) is 24.5 Å². The van der Waals surface area contributed by atoms with Crippen LogP contribution in [0.4, 0.5) is 0 Å². The molecule has 0 fully saturated rings. The quantitative estimate of drug-likeness (QED) is 0.0346. The lowest BCUT2D eigenvalue weighted by atomic mass is 10.0. The Morgan fingerprint density at radius 2 is 1.09 bits per heavy atom. The molecule has 44 heavy (non-hydrogen) atoms. The average molecular weight is 651 g/mol. The van der Waals surface area contributed by atoms with E-state index in [1.807, 2.05) is 0 Å². The fourth-order valence-electron chi connectivity index (χ4n) is 5.47.